The molecule has 0 saturated carbocycles. The minimum Gasteiger partial charge on any atom is -0.313 e. The highest BCUT2D eigenvalue weighted by atomic mass is 15.3. The van der Waals surface area contributed by atoms with E-state index < -0.39 is 0 Å². The Balaban J connectivity index is 2.36. The van der Waals surface area contributed by atoms with E-state index in [0.29, 0.717) is 0 Å². The summed E-state index contributed by atoms with van der Waals surface area (Å²) >= 11 is 0. The smallest absolute Gasteiger partial charge is 0.0277 e. The Morgan fingerprint density at radius 1 is 1.38 bits per heavy atom. The molecule has 0 bridgehead atoms. The summed E-state index contributed by atoms with van der Waals surface area (Å²) in [7, 11) is 2.21. The van der Waals surface area contributed by atoms with Crippen molar-refractivity contribution in [2.24, 2.45) is 0 Å². The summed E-state index contributed by atoms with van der Waals surface area (Å²) in [5.41, 5.74) is 1.58. The van der Waals surface area contributed by atoms with Crippen LogP contribution in [0.25, 0.3) is 0 Å². The van der Waals surface area contributed by atoms with Gasteiger partial charge >= 0.3 is 0 Å². The summed E-state index contributed by atoms with van der Waals surface area (Å²) in [6.45, 7) is 17.3. The molecule has 0 spiro atoms. The van der Waals surface area contributed by atoms with Crippen molar-refractivity contribution in [1.29, 1.82) is 0 Å². The van der Waals surface area contributed by atoms with E-state index in [0.717, 1.165) is 39.3 Å². The Hall–Kier alpha value is -0.380. The molecule has 0 radical (unpaired) electrons. The van der Waals surface area contributed by atoms with Crippen LogP contribution in [0.2, 0.25) is 0 Å². The normalized spacial score (nSPS) is 22.2. The lowest BCUT2D eigenvalue weighted by molar-refractivity contribution is 0.0449. The van der Waals surface area contributed by atoms with Crippen LogP contribution in [0.15, 0.2) is 12.2 Å². The van der Waals surface area contributed by atoms with Crippen molar-refractivity contribution in [2.75, 3.05) is 46.3 Å². The highest BCUT2D eigenvalue weighted by molar-refractivity contribution is 5.02. The van der Waals surface area contributed by atoms with Crippen LogP contribution < -0.4 is 5.32 Å². The summed E-state index contributed by atoms with van der Waals surface area (Å²) in [6, 6.07) is 0. The van der Waals surface area contributed by atoms with Gasteiger partial charge in [0.2, 0.25) is 0 Å². The fourth-order valence-electron chi connectivity index (χ4n) is 2.15. The summed E-state index contributed by atoms with van der Waals surface area (Å²) in [5, 5.41) is 3.33. The summed E-state index contributed by atoms with van der Waals surface area (Å²) < 4.78 is 0. The fourth-order valence-corrected chi connectivity index (χ4v) is 2.15. The van der Waals surface area contributed by atoms with E-state index in [-0.39, 0.29) is 5.54 Å². The monoisotopic (exact) mass is 225 g/mol. The van der Waals surface area contributed by atoms with Crippen LogP contribution in [-0.2, 0) is 0 Å². The van der Waals surface area contributed by atoms with E-state index in [1.165, 1.54) is 5.57 Å². The highest BCUT2D eigenvalue weighted by Gasteiger charge is 2.30. The molecule has 16 heavy (non-hydrogen) atoms. The maximum Gasteiger partial charge on any atom is 0.0277 e. The van der Waals surface area contributed by atoms with Gasteiger partial charge in [0.25, 0.3) is 0 Å². The van der Waals surface area contributed by atoms with Gasteiger partial charge in [-0.05, 0) is 33.0 Å². The third-order valence-corrected chi connectivity index (χ3v) is 3.47. The number of nitrogens with zero attached hydrogens (tertiary/aromatic N) is 2. The molecule has 0 amide bonds. The van der Waals surface area contributed by atoms with Gasteiger partial charge in [0.15, 0.2) is 0 Å². The predicted octanol–water partition coefficient (Wildman–Crippen LogP) is 1.18. The first-order valence-corrected chi connectivity index (χ1v) is 6.26. The molecule has 1 fully saturated rings. The van der Waals surface area contributed by atoms with Gasteiger partial charge < -0.3 is 5.32 Å². The molecule has 0 aliphatic carbocycles. The van der Waals surface area contributed by atoms with Crippen LogP contribution in [0.4, 0.5) is 0 Å². The summed E-state index contributed by atoms with van der Waals surface area (Å²) in [4.78, 5) is 4.95. The highest BCUT2D eigenvalue weighted by Crippen LogP contribution is 2.19. The Morgan fingerprint density at radius 3 is 2.62 bits per heavy atom. The first kappa shape index (κ1) is 13.7. The SMILES string of the molecule is C=C(CNCC)CN1CCN(C)C(C)(C)C1. The van der Waals surface area contributed by atoms with Gasteiger partial charge in [0.1, 0.15) is 0 Å². The molecule has 0 unspecified atom stereocenters. The first-order chi connectivity index (χ1) is 7.45. The first-order valence-electron chi connectivity index (χ1n) is 6.26. The molecule has 0 atom stereocenters. The molecular weight excluding hydrogens is 198 g/mol. The number of rotatable bonds is 5. The molecule has 3 heteroatoms. The molecule has 1 aliphatic rings. The van der Waals surface area contributed by atoms with Crippen LogP contribution in [0.5, 0.6) is 0 Å². The lowest BCUT2D eigenvalue weighted by Crippen LogP contribution is -2.57. The van der Waals surface area contributed by atoms with Crippen LogP contribution in [-0.4, -0.2) is 61.7 Å². The average molecular weight is 225 g/mol. The lowest BCUT2D eigenvalue weighted by atomic mass is 9.99. The van der Waals surface area contributed by atoms with Crippen molar-refractivity contribution in [1.82, 2.24) is 15.1 Å². The lowest BCUT2D eigenvalue weighted by Gasteiger charge is -2.45. The van der Waals surface area contributed by atoms with Gasteiger partial charge in [-0.2, -0.15) is 0 Å². The van der Waals surface area contributed by atoms with Crippen LogP contribution in [0.1, 0.15) is 20.8 Å². The second-order valence-electron chi connectivity index (χ2n) is 5.47. The maximum atomic E-state index is 4.14. The zero-order valence-corrected chi connectivity index (χ0v) is 11.3. The van der Waals surface area contributed by atoms with E-state index in [9.17, 15) is 0 Å². The minimum absolute atomic E-state index is 0.288. The van der Waals surface area contributed by atoms with Gasteiger partial charge in [-0.25, -0.2) is 0 Å². The topological polar surface area (TPSA) is 18.5 Å². The van der Waals surface area contributed by atoms with Gasteiger partial charge in [0.05, 0.1) is 0 Å². The number of piperazine rings is 1. The molecule has 1 rings (SSSR count). The largest absolute Gasteiger partial charge is 0.313 e. The van der Waals surface area contributed by atoms with E-state index in [1.54, 1.807) is 0 Å². The standard InChI is InChI=1S/C13H27N3/c1-6-14-9-12(2)10-16-8-7-15(5)13(3,4)11-16/h14H,2,6-11H2,1,3-5H3. The van der Waals surface area contributed by atoms with E-state index >= 15 is 0 Å². The minimum atomic E-state index is 0.288. The zero-order valence-electron chi connectivity index (χ0n) is 11.3. The van der Waals surface area contributed by atoms with Crippen molar-refractivity contribution >= 4 is 0 Å². The Labute approximate surface area is 100 Å². The van der Waals surface area contributed by atoms with Gasteiger partial charge in [-0.15, -0.1) is 0 Å². The van der Waals surface area contributed by atoms with Crippen LogP contribution in [0, 0.1) is 0 Å². The van der Waals surface area contributed by atoms with Gasteiger partial charge in [0, 0.05) is 38.3 Å². The maximum absolute atomic E-state index is 4.14. The van der Waals surface area contributed by atoms with E-state index in [1.807, 2.05) is 0 Å². The molecular formula is C13H27N3. The Kier molecular flexibility index (Phi) is 4.96. The van der Waals surface area contributed by atoms with Crippen LogP contribution in [0.3, 0.4) is 0 Å². The molecule has 0 aromatic heterocycles. The third-order valence-electron chi connectivity index (χ3n) is 3.47. The number of likely N-dealkylation sites (N-methyl/N-ethyl adjacent to an activating group) is 2. The van der Waals surface area contributed by atoms with E-state index in [2.05, 4.69) is 49.5 Å². The van der Waals surface area contributed by atoms with Crippen molar-refractivity contribution in [2.45, 2.75) is 26.3 Å². The Morgan fingerprint density at radius 2 is 2.06 bits per heavy atom. The number of hydrogen-bond acceptors (Lipinski definition) is 3. The fraction of sp³-hybridized carbons (Fsp3) is 0.846. The number of nitrogens with one attached hydrogen (secondary N) is 1. The second-order valence-corrected chi connectivity index (χ2v) is 5.47. The van der Waals surface area contributed by atoms with E-state index in [4.69, 9.17) is 0 Å². The molecule has 94 valence electrons. The summed E-state index contributed by atoms with van der Waals surface area (Å²) in [5.74, 6) is 0. The van der Waals surface area contributed by atoms with Crippen molar-refractivity contribution < 1.29 is 0 Å². The molecule has 3 nitrogen and oxygen atoms in total. The van der Waals surface area contributed by atoms with Gasteiger partial charge in [-0.3, -0.25) is 9.80 Å². The summed E-state index contributed by atoms with van der Waals surface area (Å²) in [6.07, 6.45) is 0. The average Bonchev–Trinajstić information content (AvgIpc) is 2.20. The van der Waals surface area contributed by atoms with Crippen LogP contribution >= 0.6 is 0 Å². The predicted molar refractivity (Wildman–Crippen MR) is 70.8 cm³/mol. The third kappa shape index (κ3) is 3.89. The van der Waals surface area contributed by atoms with Crippen molar-refractivity contribution in [3.8, 4) is 0 Å². The number of hydrogen-bond donors (Lipinski definition) is 1. The van der Waals surface area contributed by atoms with Gasteiger partial charge in [-0.1, -0.05) is 13.5 Å². The molecule has 1 aliphatic heterocycles. The zero-order chi connectivity index (χ0) is 12.2. The Bertz CT molecular complexity index is 235. The second kappa shape index (κ2) is 5.80. The van der Waals surface area contributed by atoms with Crippen molar-refractivity contribution in [3.63, 3.8) is 0 Å². The molecule has 0 aromatic rings. The molecule has 1 saturated heterocycles. The quantitative estimate of drug-likeness (QED) is 0.709. The van der Waals surface area contributed by atoms with Crippen molar-refractivity contribution in [3.05, 3.63) is 12.2 Å². The molecule has 1 N–H and O–H groups in total. The molecule has 0 aromatic carbocycles. The molecule has 1 heterocycles.